The molecule has 3 aliphatic rings. The zero-order valence-electron chi connectivity index (χ0n) is 19.0. The first-order valence-electron chi connectivity index (χ1n) is 12.2. The van der Waals surface area contributed by atoms with E-state index in [0.29, 0.717) is 23.2 Å². The predicted molar refractivity (Wildman–Crippen MR) is 119 cm³/mol. The second-order valence-electron chi connectivity index (χ2n) is 11.3. The van der Waals surface area contributed by atoms with Gasteiger partial charge in [0.15, 0.2) is 0 Å². The first kappa shape index (κ1) is 21.4. The van der Waals surface area contributed by atoms with E-state index in [1.54, 1.807) is 0 Å². The predicted octanol–water partition coefficient (Wildman–Crippen LogP) is 6.16. The molecule has 1 aromatic rings. The number of fused-ring (bicyclic) bond motifs is 1. The Labute approximate surface area is 178 Å². The second kappa shape index (κ2) is 7.68. The van der Waals surface area contributed by atoms with E-state index in [2.05, 4.69) is 52.0 Å². The molecule has 2 heteroatoms. The topological polar surface area (TPSA) is 40.5 Å². The highest BCUT2D eigenvalue weighted by Gasteiger charge is 2.63. The number of benzene rings is 1. The lowest BCUT2D eigenvalue weighted by Crippen LogP contribution is -2.54. The third-order valence-electron chi connectivity index (χ3n) is 10.2. The van der Waals surface area contributed by atoms with E-state index in [-0.39, 0.29) is 12.0 Å². The minimum absolute atomic E-state index is 0.141. The fourth-order valence-corrected chi connectivity index (χ4v) is 8.32. The molecule has 0 aromatic heterocycles. The number of rotatable bonds is 4. The summed E-state index contributed by atoms with van der Waals surface area (Å²) in [6.45, 7) is 9.92. The largest absolute Gasteiger partial charge is 0.396 e. The van der Waals surface area contributed by atoms with Gasteiger partial charge in [-0.25, -0.2) is 0 Å². The van der Waals surface area contributed by atoms with Crippen LogP contribution in [0.4, 0.5) is 0 Å². The molecule has 0 radical (unpaired) electrons. The molecule has 4 rings (SSSR count). The highest BCUT2D eigenvalue weighted by molar-refractivity contribution is 5.29. The van der Waals surface area contributed by atoms with Crippen molar-refractivity contribution in [2.24, 2.45) is 40.4 Å². The second-order valence-corrected chi connectivity index (χ2v) is 11.3. The molecule has 8 atom stereocenters. The van der Waals surface area contributed by atoms with Gasteiger partial charge in [0.05, 0.1) is 5.60 Å². The fraction of sp³-hybridized carbons (Fsp3) is 0.778. The van der Waals surface area contributed by atoms with Crippen molar-refractivity contribution in [1.82, 2.24) is 0 Å². The fourth-order valence-electron chi connectivity index (χ4n) is 8.32. The summed E-state index contributed by atoms with van der Waals surface area (Å²) in [5.74, 6) is 2.92. The summed E-state index contributed by atoms with van der Waals surface area (Å²) in [6.07, 6.45) is 9.32. The Kier molecular flexibility index (Phi) is 5.66. The van der Waals surface area contributed by atoms with Crippen LogP contribution in [0.15, 0.2) is 30.3 Å². The lowest BCUT2D eigenvalue weighted by Gasteiger charge is -2.58. The van der Waals surface area contributed by atoms with Crippen LogP contribution in [0.2, 0.25) is 0 Å². The van der Waals surface area contributed by atoms with Crippen molar-refractivity contribution < 1.29 is 10.2 Å². The standard InChI is InChI=1S/C27H42O2/c1-5-20-17-19(2)11-14-25(20,3)23-12-15-26(4)24(22(23)18-28)13-16-27(26,29)21-9-7-6-8-10-21/h6-10,19-20,22-24,28-29H,5,11-18H2,1-4H3/t19-,20-,22+,23-,24-,25-,26-,27+/m0/s1. The number of hydrogen-bond acceptors (Lipinski definition) is 2. The molecule has 2 N–H and O–H groups in total. The van der Waals surface area contributed by atoms with Gasteiger partial charge in [0.25, 0.3) is 0 Å². The lowest BCUT2D eigenvalue weighted by atomic mass is 9.47. The molecule has 162 valence electrons. The Morgan fingerprint density at radius 1 is 0.966 bits per heavy atom. The monoisotopic (exact) mass is 398 g/mol. The molecule has 0 unspecified atom stereocenters. The lowest BCUT2D eigenvalue weighted by molar-refractivity contribution is -0.147. The Bertz CT molecular complexity index is 702. The van der Waals surface area contributed by atoms with E-state index < -0.39 is 5.60 Å². The van der Waals surface area contributed by atoms with Gasteiger partial charge in [0.1, 0.15) is 0 Å². The first-order chi connectivity index (χ1) is 13.8. The van der Waals surface area contributed by atoms with Gasteiger partial charge in [-0.15, -0.1) is 0 Å². The van der Waals surface area contributed by atoms with Gasteiger partial charge in [0.2, 0.25) is 0 Å². The zero-order valence-corrected chi connectivity index (χ0v) is 19.0. The Morgan fingerprint density at radius 2 is 1.66 bits per heavy atom. The van der Waals surface area contributed by atoms with E-state index >= 15 is 0 Å². The van der Waals surface area contributed by atoms with Gasteiger partial charge >= 0.3 is 0 Å². The van der Waals surface area contributed by atoms with Crippen LogP contribution in [0, 0.1) is 40.4 Å². The Morgan fingerprint density at radius 3 is 2.31 bits per heavy atom. The molecule has 0 aliphatic heterocycles. The van der Waals surface area contributed by atoms with Gasteiger partial charge in [-0.2, -0.15) is 0 Å². The van der Waals surface area contributed by atoms with Crippen molar-refractivity contribution >= 4 is 0 Å². The Hall–Kier alpha value is -0.860. The van der Waals surface area contributed by atoms with Gasteiger partial charge in [-0.05, 0) is 79.1 Å². The summed E-state index contributed by atoms with van der Waals surface area (Å²) in [5.41, 5.74) is 0.509. The van der Waals surface area contributed by atoms with E-state index in [9.17, 15) is 10.2 Å². The van der Waals surface area contributed by atoms with Gasteiger partial charge in [-0.1, -0.05) is 70.9 Å². The third kappa shape index (κ3) is 3.12. The van der Waals surface area contributed by atoms with Gasteiger partial charge in [0, 0.05) is 12.0 Å². The zero-order chi connectivity index (χ0) is 20.9. The van der Waals surface area contributed by atoms with Crippen LogP contribution in [0.25, 0.3) is 0 Å². The minimum atomic E-state index is -0.760. The molecule has 3 fully saturated rings. The summed E-state index contributed by atoms with van der Waals surface area (Å²) >= 11 is 0. The molecule has 2 nitrogen and oxygen atoms in total. The number of hydrogen-bond donors (Lipinski definition) is 2. The molecule has 29 heavy (non-hydrogen) atoms. The number of aliphatic hydroxyl groups is 2. The molecule has 0 amide bonds. The van der Waals surface area contributed by atoms with E-state index in [0.717, 1.165) is 43.1 Å². The maximum absolute atomic E-state index is 11.9. The van der Waals surface area contributed by atoms with Crippen molar-refractivity contribution in [1.29, 1.82) is 0 Å². The van der Waals surface area contributed by atoms with E-state index in [4.69, 9.17) is 0 Å². The summed E-state index contributed by atoms with van der Waals surface area (Å²) in [5, 5.41) is 22.6. The highest BCUT2D eigenvalue weighted by atomic mass is 16.3. The molecule has 3 aliphatic carbocycles. The van der Waals surface area contributed by atoms with Crippen LogP contribution in [0.3, 0.4) is 0 Å². The average Bonchev–Trinajstić information content (AvgIpc) is 3.01. The summed E-state index contributed by atoms with van der Waals surface area (Å²) < 4.78 is 0. The van der Waals surface area contributed by atoms with Crippen LogP contribution in [-0.4, -0.2) is 16.8 Å². The molecule has 0 bridgehead atoms. The normalized spacial score (nSPS) is 47.7. The van der Waals surface area contributed by atoms with Gasteiger partial charge < -0.3 is 10.2 Å². The highest BCUT2D eigenvalue weighted by Crippen LogP contribution is 2.67. The number of aliphatic hydroxyl groups excluding tert-OH is 1. The van der Waals surface area contributed by atoms with Crippen LogP contribution in [-0.2, 0) is 5.60 Å². The average molecular weight is 399 g/mol. The molecule has 0 heterocycles. The minimum Gasteiger partial charge on any atom is -0.396 e. The third-order valence-corrected chi connectivity index (χ3v) is 10.2. The Balaban J connectivity index is 1.66. The van der Waals surface area contributed by atoms with Crippen LogP contribution in [0.1, 0.15) is 84.6 Å². The van der Waals surface area contributed by atoms with Crippen LogP contribution >= 0.6 is 0 Å². The maximum Gasteiger partial charge on any atom is 0.0952 e. The van der Waals surface area contributed by atoms with Crippen molar-refractivity contribution in [2.45, 2.75) is 84.7 Å². The smallest absolute Gasteiger partial charge is 0.0952 e. The van der Waals surface area contributed by atoms with Crippen molar-refractivity contribution in [3.05, 3.63) is 35.9 Å². The molecular formula is C27H42O2. The molecule has 1 aromatic carbocycles. The van der Waals surface area contributed by atoms with E-state index in [1.807, 2.05) is 6.07 Å². The summed E-state index contributed by atoms with van der Waals surface area (Å²) in [4.78, 5) is 0. The van der Waals surface area contributed by atoms with Crippen LogP contribution < -0.4 is 0 Å². The molecule has 0 spiro atoms. The van der Waals surface area contributed by atoms with Crippen molar-refractivity contribution in [3.63, 3.8) is 0 Å². The molecule has 0 saturated heterocycles. The summed E-state index contributed by atoms with van der Waals surface area (Å²) in [7, 11) is 0. The van der Waals surface area contributed by atoms with Crippen LogP contribution in [0.5, 0.6) is 0 Å². The summed E-state index contributed by atoms with van der Waals surface area (Å²) in [6, 6.07) is 10.3. The SMILES string of the molecule is CC[C@H]1C[C@@H](C)CC[C@]1(C)[C@H]1CC[C@@]2(C)[C@@H](CC[C@@]2(O)c2ccccc2)[C@@H]1CO. The molecular weight excluding hydrogens is 356 g/mol. The van der Waals surface area contributed by atoms with E-state index in [1.165, 1.54) is 25.7 Å². The van der Waals surface area contributed by atoms with Crippen molar-refractivity contribution in [3.8, 4) is 0 Å². The van der Waals surface area contributed by atoms with Crippen molar-refractivity contribution in [2.75, 3.05) is 6.61 Å². The van der Waals surface area contributed by atoms with Gasteiger partial charge in [-0.3, -0.25) is 0 Å². The quantitative estimate of drug-likeness (QED) is 0.637. The first-order valence-corrected chi connectivity index (χ1v) is 12.2. The molecule has 3 saturated carbocycles. The maximum atomic E-state index is 11.9.